The van der Waals surface area contributed by atoms with Crippen LogP contribution < -0.4 is 0 Å². The highest BCUT2D eigenvalue weighted by molar-refractivity contribution is 5.82. The second kappa shape index (κ2) is 11.1. The number of benzene rings is 2. The molecule has 0 unspecified atom stereocenters. The van der Waals surface area contributed by atoms with Crippen molar-refractivity contribution in [3.05, 3.63) is 76.8 Å². The van der Waals surface area contributed by atoms with Crippen LogP contribution in [0.2, 0.25) is 0 Å². The third-order valence-electron chi connectivity index (χ3n) is 5.77. The summed E-state index contributed by atoms with van der Waals surface area (Å²) in [5, 5.41) is 0. The number of halogens is 1. The summed E-state index contributed by atoms with van der Waals surface area (Å²) in [5.74, 6) is -0.386. The molecule has 0 spiro atoms. The minimum absolute atomic E-state index is 0.0476. The van der Waals surface area contributed by atoms with Gasteiger partial charge in [0.2, 0.25) is 0 Å². The Balaban J connectivity index is 1.69. The molecule has 1 aliphatic heterocycles. The van der Waals surface area contributed by atoms with Crippen molar-refractivity contribution in [1.29, 1.82) is 0 Å². The molecule has 166 valence electrons. The number of aryl methyl sites for hydroxylation is 2. The normalized spacial score (nSPS) is 17.4. The van der Waals surface area contributed by atoms with Gasteiger partial charge in [0, 0.05) is 18.7 Å². The molecule has 0 amide bonds. The Morgan fingerprint density at radius 1 is 1.16 bits per heavy atom. The Hall–Kier alpha value is -2.66. The minimum atomic E-state index is -0.243. The van der Waals surface area contributed by atoms with Crippen molar-refractivity contribution in [2.24, 2.45) is 5.92 Å². The molecule has 0 aliphatic carbocycles. The third kappa shape index (κ3) is 6.17. The van der Waals surface area contributed by atoms with Gasteiger partial charge in [-0.3, -0.25) is 9.69 Å². The first kappa shape index (κ1) is 23.0. The number of ether oxygens (including phenoxy) is 2. The Kier molecular flexibility index (Phi) is 8.24. The lowest BCUT2D eigenvalue weighted by Gasteiger charge is -2.31. The molecule has 31 heavy (non-hydrogen) atoms. The highest BCUT2D eigenvalue weighted by Crippen LogP contribution is 2.29. The van der Waals surface area contributed by atoms with E-state index in [2.05, 4.69) is 24.0 Å². The van der Waals surface area contributed by atoms with Crippen LogP contribution in [0.1, 0.15) is 42.0 Å². The smallest absolute Gasteiger partial charge is 0.310 e. The Bertz CT molecular complexity index is 925. The van der Waals surface area contributed by atoms with Crippen LogP contribution in [0, 0.1) is 25.6 Å². The molecule has 0 saturated carbocycles. The van der Waals surface area contributed by atoms with Crippen molar-refractivity contribution in [1.82, 2.24) is 4.90 Å². The van der Waals surface area contributed by atoms with Crippen LogP contribution in [0.5, 0.6) is 0 Å². The predicted octanol–water partition coefficient (Wildman–Crippen LogP) is 5.12. The maximum Gasteiger partial charge on any atom is 0.310 e. The van der Waals surface area contributed by atoms with E-state index in [9.17, 15) is 9.18 Å². The zero-order chi connectivity index (χ0) is 22.2. The van der Waals surface area contributed by atoms with Gasteiger partial charge >= 0.3 is 5.97 Å². The van der Waals surface area contributed by atoms with Gasteiger partial charge in [-0.2, -0.15) is 0 Å². The first-order valence-electron chi connectivity index (χ1n) is 11.0. The average molecular weight is 426 g/mol. The van der Waals surface area contributed by atoms with Crippen molar-refractivity contribution < 1.29 is 18.7 Å². The van der Waals surface area contributed by atoms with Gasteiger partial charge in [0.05, 0.1) is 18.8 Å². The summed E-state index contributed by atoms with van der Waals surface area (Å²) in [5.41, 5.74) is 4.97. The fraction of sp³-hybridized carbons (Fsp3) is 0.423. The molecule has 0 aromatic heterocycles. The number of carbonyl (C=O) groups excluding carboxylic acids is 1. The van der Waals surface area contributed by atoms with Gasteiger partial charge < -0.3 is 9.47 Å². The van der Waals surface area contributed by atoms with Crippen molar-refractivity contribution in [2.75, 3.05) is 32.8 Å². The van der Waals surface area contributed by atoms with Gasteiger partial charge in [-0.1, -0.05) is 30.3 Å². The summed E-state index contributed by atoms with van der Waals surface area (Å²) in [6.45, 7) is 9.18. The van der Waals surface area contributed by atoms with E-state index >= 15 is 0 Å². The molecule has 0 bridgehead atoms. The summed E-state index contributed by atoms with van der Waals surface area (Å²) in [4.78, 5) is 14.3. The molecule has 1 atom stereocenters. The van der Waals surface area contributed by atoms with Crippen LogP contribution in [0.4, 0.5) is 4.39 Å². The SMILES string of the molecule is CCOC(=O)[C@@H]1CCCN(CCOC=C(c2ccccc2C)c2ccc(F)cc2C)C1. The van der Waals surface area contributed by atoms with Crippen LogP contribution in [0.15, 0.2) is 48.7 Å². The molecule has 1 heterocycles. The fourth-order valence-corrected chi connectivity index (χ4v) is 4.11. The molecule has 1 fully saturated rings. The number of esters is 1. The molecule has 4 nitrogen and oxygen atoms in total. The Labute approximate surface area is 184 Å². The largest absolute Gasteiger partial charge is 0.499 e. The fourth-order valence-electron chi connectivity index (χ4n) is 4.11. The van der Waals surface area contributed by atoms with Gasteiger partial charge in [0.1, 0.15) is 12.4 Å². The molecule has 0 N–H and O–H groups in total. The number of piperidine rings is 1. The average Bonchev–Trinajstić information content (AvgIpc) is 2.76. The van der Waals surface area contributed by atoms with Crippen molar-refractivity contribution in [3.8, 4) is 0 Å². The van der Waals surface area contributed by atoms with Crippen molar-refractivity contribution >= 4 is 11.5 Å². The van der Waals surface area contributed by atoms with E-state index in [1.807, 2.05) is 26.0 Å². The van der Waals surface area contributed by atoms with Crippen molar-refractivity contribution in [3.63, 3.8) is 0 Å². The second-order valence-corrected chi connectivity index (χ2v) is 8.07. The number of likely N-dealkylation sites (tertiary alicyclic amines) is 1. The number of nitrogens with zero attached hydrogens (tertiary/aromatic N) is 1. The third-order valence-corrected chi connectivity index (χ3v) is 5.77. The molecule has 0 radical (unpaired) electrons. The van der Waals surface area contributed by atoms with Crippen LogP contribution >= 0.6 is 0 Å². The zero-order valence-corrected chi connectivity index (χ0v) is 18.7. The maximum absolute atomic E-state index is 13.7. The van der Waals surface area contributed by atoms with Crippen LogP contribution in [-0.4, -0.2) is 43.7 Å². The monoisotopic (exact) mass is 425 g/mol. The summed E-state index contributed by atoms with van der Waals surface area (Å²) >= 11 is 0. The van der Waals surface area contributed by atoms with E-state index in [0.29, 0.717) is 19.8 Å². The minimum Gasteiger partial charge on any atom is -0.499 e. The molecule has 3 rings (SSSR count). The Morgan fingerprint density at radius 2 is 1.94 bits per heavy atom. The summed E-state index contributed by atoms with van der Waals surface area (Å²) < 4.78 is 24.8. The van der Waals surface area contributed by atoms with E-state index in [1.165, 1.54) is 6.07 Å². The quantitative estimate of drug-likeness (QED) is 0.334. The molecule has 2 aromatic carbocycles. The van der Waals surface area contributed by atoms with Crippen LogP contribution in [0.3, 0.4) is 0 Å². The lowest BCUT2D eigenvalue weighted by atomic mass is 9.92. The standard InChI is InChI=1S/C26H32FNO3/c1-4-31-26(29)21-9-7-13-28(17-21)14-15-30-18-25(23-10-6-5-8-19(23)2)24-12-11-22(27)16-20(24)3/h5-6,8,10-12,16,18,21H,4,7,9,13-15,17H2,1-3H3/t21-/m1/s1. The van der Waals surface area contributed by atoms with E-state index in [4.69, 9.17) is 9.47 Å². The summed E-state index contributed by atoms with van der Waals surface area (Å²) in [6.07, 6.45) is 3.66. The predicted molar refractivity (Wildman–Crippen MR) is 121 cm³/mol. The van der Waals surface area contributed by atoms with Gasteiger partial charge in [-0.25, -0.2) is 4.39 Å². The molecular weight excluding hydrogens is 393 g/mol. The molecule has 5 heteroatoms. The zero-order valence-electron chi connectivity index (χ0n) is 18.7. The molecule has 1 saturated heterocycles. The first-order valence-corrected chi connectivity index (χ1v) is 11.0. The summed E-state index contributed by atoms with van der Waals surface area (Å²) in [7, 11) is 0. The highest BCUT2D eigenvalue weighted by atomic mass is 19.1. The van der Waals surface area contributed by atoms with E-state index in [-0.39, 0.29) is 17.7 Å². The van der Waals surface area contributed by atoms with Gasteiger partial charge in [0.25, 0.3) is 0 Å². The summed E-state index contributed by atoms with van der Waals surface area (Å²) in [6, 6.07) is 13.0. The number of hydrogen-bond acceptors (Lipinski definition) is 4. The number of hydrogen-bond donors (Lipinski definition) is 0. The number of carbonyl (C=O) groups is 1. The van der Waals surface area contributed by atoms with Gasteiger partial charge in [-0.05, 0) is 74.5 Å². The van der Waals surface area contributed by atoms with Gasteiger partial charge in [-0.15, -0.1) is 0 Å². The number of rotatable bonds is 8. The van der Waals surface area contributed by atoms with E-state index in [1.54, 1.807) is 18.4 Å². The topological polar surface area (TPSA) is 38.8 Å². The molecule has 2 aromatic rings. The first-order chi connectivity index (χ1) is 15.0. The maximum atomic E-state index is 13.7. The van der Waals surface area contributed by atoms with Crippen LogP contribution in [0.25, 0.3) is 5.57 Å². The lowest BCUT2D eigenvalue weighted by molar-refractivity contribution is -0.150. The van der Waals surface area contributed by atoms with E-state index < -0.39 is 0 Å². The van der Waals surface area contributed by atoms with Gasteiger partial charge in [0.15, 0.2) is 0 Å². The lowest BCUT2D eigenvalue weighted by Crippen LogP contribution is -2.40. The molecule has 1 aliphatic rings. The highest BCUT2D eigenvalue weighted by Gasteiger charge is 2.26. The second-order valence-electron chi connectivity index (χ2n) is 8.07. The van der Waals surface area contributed by atoms with Crippen LogP contribution in [-0.2, 0) is 14.3 Å². The Morgan fingerprint density at radius 3 is 2.68 bits per heavy atom. The van der Waals surface area contributed by atoms with E-state index in [0.717, 1.165) is 53.8 Å². The van der Waals surface area contributed by atoms with Crippen molar-refractivity contribution in [2.45, 2.75) is 33.6 Å². The molecular formula is C26H32FNO3.